The molecule has 2 heterocycles. The van der Waals surface area contributed by atoms with Gasteiger partial charge in [-0.05, 0) is 50.7 Å². The van der Waals surface area contributed by atoms with E-state index < -0.39 is 0 Å². The molecular weight excluding hydrogens is 306 g/mol. The van der Waals surface area contributed by atoms with Gasteiger partial charge in [0, 0.05) is 18.0 Å². The van der Waals surface area contributed by atoms with Crippen LogP contribution in [-0.4, -0.2) is 26.4 Å². The van der Waals surface area contributed by atoms with Gasteiger partial charge in [-0.3, -0.25) is 0 Å². The van der Waals surface area contributed by atoms with E-state index in [2.05, 4.69) is 28.7 Å². The van der Waals surface area contributed by atoms with Crippen LogP contribution in [0.25, 0.3) is 16.7 Å². The van der Waals surface area contributed by atoms with Gasteiger partial charge in [0.05, 0.1) is 11.2 Å². The highest BCUT2D eigenvalue weighted by Crippen LogP contribution is 2.22. The van der Waals surface area contributed by atoms with Gasteiger partial charge < -0.3 is 10.6 Å². The molecule has 0 aliphatic heterocycles. The highest BCUT2D eigenvalue weighted by Gasteiger charge is 2.11. The van der Waals surface area contributed by atoms with Crippen LogP contribution in [0.15, 0.2) is 36.4 Å². The monoisotopic (exact) mass is 325 g/mol. The van der Waals surface area contributed by atoms with Gasteiger partial charge >= 0.3 is 0 Å². The van der Waals surface area contributed by atoms with E-state index in [-0.39, 0.29) is 0 Å². The summed E-state index contributed by atoms with van der Waals surface area (Å²) in [4.78, 5) is 4.73. The predicted molar refractivity (Wildman–Crippen MR) is 98.2 cm³/mol. The van der Waals surface area contributed by atoms with Gasteiger partial charge in [0.2, 0.25) is 0 Å². The molecular formula is C17H19N5S. The summed E-state index contributed by atoms with van der Waals surface area (Å²) in [6.45, 7) is 6.81. The van der Waals surface area contributed by atoms with Crippen molar-refractivity contribution in [1.29, 1.82) is 0 Å². The van der Waals surface area contributed by atoms with Crippen LogP contribution in [0.2, 0.25) is 0 Å². The average Bonchev–Trinajstić information content (AvgIpc) is 2.88. The lowest BCUT2D eigenvalue weighted by molar-refractivity contribution is 0.842. The molecule has 0 saturated heterocycles. The molecule has 3 rings (SSSR count). The van der Waals surface area contributed by atoms with Gasteiger partial charge in [-0.1, -0.05) is 18.2 Å². The van der Waals surface area contributed by atoms with E-state index in [9.17, 15) is 0 Å². The van der Waals surface area contributed by atoms with Crippen molar-refractivity contribution in [1.82, 2.24) is 20.1 Å². The summed E-state index contributed by atoms with van der Waals surface area (Å²) in [6.07, 6.45) is 0. The minimum absolute atomic E-state index is 0.575. The first-order chi connectivity index (χ1) is 11.1. The summed E-state index contributed by atoms with van der Waals surface area (Å²) >= 11 is 5.27. The lowest BCUT2D eigenvalue weighted by Crippen LogP contribution is -2.29. The van der Waals surface area contributed by atoms with Crippen molar-refractivity contribution in [2.45, 2.75) is 20.8 Å². The van der Waals surface area contributed by atoms with E-state index in [1.165, 1.54) is 5.56 Å². The first-order valence-electron chi connectivity index (χ1n) is 7.56. The van der Waals surface area contributed by atoms with Crippen LogP contribution in [-0.2, 0) is 0 Å². The Morgan fingerprint density at radius 2 is 2.00 bits per heavy atom. The Labute approximate surface area is 140 Å². The Balaban J connectivity index is 2.06. The van der Waals surface area contributed by atoms with Crippen LogP contribution in [0, 0.1) is 13.8 Å². The van der Waals surface area contributed by atoms with Crippen LogP contribution < -0.4 is 10.6 Å². The number of pyridine rings is 1. The van der Waals surface area contributed by atoms with Crippen LogP contribution in [0.1, 0.15) is 18.2 Å². The molecule has 5 nitrogen and oxygen atoms in total. The Morgan fingerprint density at radius 3 is 2.78 bits per heavy atom. The number of anilines is 1. The summed E-state index contributed by atoms with van der Waals surface area (Å²) in [5, 5.41) is 12.5. The zero-order valence-corrected chi connectivity index (χ0v) is 14.2. The maximum absolute atomic E-state index is 5.27. The van der Waals surface area contributed by atoms with Gasteiger partial charge in [-0.2, -0.15) is 9.78 Å². The summed E-state index contributed by atoms with van der Waals surface area (Å²) in [6, 6.07) is 12.1. The van der Waals surface area contributed by atoms with Gasteiger partial charge in [0.25, 0.3) is 0 Å². The molecule has 0 radical (unpaired) electrons. The topological polar surface area (TPSA) is 54.8 Å². The van der Waals surface area contributed by atoms with Gasteiger partial charge in [-0.15, -0.1) is 0 Å². The summed E-state index contributed by atoms with van der Waals surface area (Å²) < 4.78 is 1.79. The molecule has 0 unspecified atom stereocenters. The number of hydrogen-bond donors (Lipinski definition) is 2. The van der Waals surface area contributed by atoms with E-state index >= 15 is 0 Å². The van der Waals surface area contributed by atoms with Crippen molar-refractivity contribution in [3.05, 3.63) is 47.7 Å². The van der Waals surface area contributed by atoms with Crippen LogP contribution in [0.3, 0.4) is 0 Å². The minimum atomic E-state index is 0.575. The second-order valence-corrected chi connectivity index (χ2v) is 5.79. The average molecular weight is 325 g/mol. The Bertz CT molecular complexity index is 869. The molecule has 1 aromatic carbocycles. The van der Waals surface area contributed by atoms with Crippen molar-refractivity contribution in [2.24, 2.45) is 0 Å². The third kappa shape index (κ3) is 3.17. The molecule has 0 fully saturated rings. The number of para-hydroxylation sites is 1. The zero-order chi connectivity index (χ0) is 16.4. The molecule has 2 N–H and O–H groups in total. The number of fused-ring (bicyclic) bond motifs is 1. The summed E-state index contributed by atoms with van der Waals surface area (Å²) in [5.41, 5.74) is 3.02. The molecule has 23 heavy (non-hydrogen) atoms. The Morgan fingerprint density at radius 1 is 1.22 bits per heavy atom. The summed E-state index contributed by atoms with van der Waals surface area (Å²) in [5.74, 6) is 1.58. The quantitative estimate of drug-likeness (QED) is 0.723. The van der Waals surface area contributed by atoms with Crippen molar-refractivity contribution in [3.8, 4) is 5.82 Å². The molecule has 3 aromatic rings. The molecule has 0 aliphatic rings. The summed E-state index contributed by atoms with van der Waals surface area (Å²) in [7, 11) is 0. The fraction of sp³-hybridized carbons (Fsp3) is 0.235. The third-order valence-electron chi connectivity index (χ3n) is 3.54. The van der Waals surface area contributed by atoms with E-state index in [1.807, 2.05) is 44.2 Å². The molecule has 118 valence electrons. The molecule has 0 aliphatic carbocycles. The smallest absolute Gasteiger partial charge is 0.171 e. The SMILES string of the molecule is CCNC(=S)Nc1cc(C)nn1-c1cc(C)c2ccccc2n1. The van der Waals surface area contributed by atoms with Gasteiger partial charge in [0.15, 0.2) is 10.9 Å². The van der Waals surface area contributed by atoms with Crippen LogP contribution >= 0.6 is 12.2 Å². The number of nitrogens with one attached hydrogen (secondary N) is 2. The normalized spacial score (nSPS) is 10.7. The first kappa shape index (κ1) is 15.4. The van der Waals surface area contributed by atoms with Crippen molar-refractivity contribution >= 4 is 34.1 Å². The fourth-order valence-electron chi connectivity index (χ4n) is 2.52. The first-order valence-corrected chi connectivity index (χ1v) is 7.97. The van der Waals surface area contributed by atoms with Gasteiger partial charge in [0.1, 0.15) is 5.82 Å². The number of thiocarbonyl (C=S) groups is 1. The van der Waals surface area contributed by atoms with E-state index in [0.29, 0.717) is 5.11 Å². The number of benzene rings is 1. The lowest BCUT2D eigenvalue weighted by atomic mass is 10.1. The number of hydrogen-bond acceptors (Lipinski definition) is 3. The molecule has 0 saturated carbocycles. The maximum atomic E-state index is 5.27. The lowest BCUT2D eigenvalue weighted by Gasteiger charge is -2.12. The molecule has 0 bridgehead atoms. The number of nitrogens with zero attached hydrogens (tertiary/aromatic N) is 3. The molecule has 0 spiro atoms. The zero-order valence-electron chi connectivity index (χ0n) is 13.4. The molecule has 2 aromatic heterocycles. The van der Waals surface area contributed by atoms with Crippen molar-refractivity contribution < 1.29 is 0 Å². The van der Waals surface area contributed by atoms with Crippen molar-refractivity contribution in [3.63, 3.8) is 0 Å². The van der Waals surface area contributed by atoms with E-state index in [0.717, 1.165) is 34.8 Å². The minimum Gasteiger partial charge on any atom is -0.363 e. The fourth-order valence-corrected chi connectivity index (χ4v) is 2.77. The van der Waals surface area contributed by atoms with Crippen molar-refractivity contribution in [2.75, 3.05) is 11.9 Å². The number of aryl methyl sites for hydroxylation is 2. The third-order valence-corrected chi connectivity index (χ3v) is 3.78. The number of rotatable bonds is 3. The second-order valence-electron chi connectivity index (χ2n) is 5.38. The highest BCUT2D eigenvalue weighted by molar-refractivity contribution is 7.80. The Hall–Kier alpha value is -2.47. The highest BCUT2D eigenvalue weighted by atomic mass is 32.1. The number of aromatic nitrogens is 3. The maximum Gasteiger partial charge on any atom is 0.171 e. The standard InChI is InChI=1S/C17H19N5S/c1-4-18-17(23)20-16-10-12(3)21-22(16)15-9-11(2)13-7-5-6-8-14(13)19-15/h5-10H,4H2,1-3H3,(H2,18,20,23). The molecule has 0 amide bonds. The van der Waals surface area contributed by atoms with Crippen LogP contribution in [0.4, 0.5) is 5.82 Å². The van der Waals surface area contributed by atoms with Crippen LogP contribution in [0.5, 0.6) is 0 Å². The van der Waals surface area contributed by atoms with E-state index in [4.69, 9.17) is 17.2 Å². The largest absolute Gasteiger partial charge is 0.363 e. The van der Waals surface area contributed by atoms with E-state index in [1.54, 1.807) is 4.68 Å². The Kier molecular flexibility index (Phi) is 4.25. The molecule has 0 atom stereocenters. The molecule has 6 heteroatoms. The van der Waals surface area contributed by atoms with Gasteiger partial charge in [-0.25, -0.2) is 4.98 Å². The predicted octanol–water partition coefficient (Wildman–Crippen LogP) is 3.34. The second kappa shape index (κ2) is 6.34.